The largest absolute Gasteiger partial charge is 0.501 e. The van der Waals surface area contributed by atoms with Crippen molar-refractivity contribution in [2.24, 2.45) is 0 Å². The molecule has 3 heteroatoms. The Balaban J connectivity index is 1.95. The third-order valence-electron chi connectivity index (χ3n) is 5.67. The molecule has 116 valence electrons. The van der Waals surface area contributed by atoms with Gasteiger partial charge in [-0.25, -0.2) is 0 Å². The van der Waals surface area contributed by atoms with Gasteiger partial charge in [-0.15, -0.1) is 0 Å². The summed E-state index contributed by atoms with van der Waals surface area (Å²) in [5.74, 6) is 2.03. The van der Waals surface area contributed by atoms with E-state index in [1.165, 1.54) is 11.1 Å². The van der Waals surface area contributed by atoms with Crippen molar-refractivity contribution in [2.75, 3.05) is 27.8 Å². The Labute approximate surface area is 132 Å². The summed E-state index contributed by atoms with van der Waals surface area (Å²) in [6.45, 7) is 1.12. The summed E-state index contributed by atoms with van der Waals surface area (Å²) in [6.07, 6.45) is 7.90. The molecule has 3 nitrogen and oxygen atoms in total. The number of methoxy groups -OCH3 is 2. The number of nitrogens with zero attached hydrogens (tertiary/aromatic N) is 1. The molecule has 1 fully saturated rings. The van der Waals surface area contributed by atoms with E-state index in [4.69, 9.17) is 9.47 Å². The second-order valence-corrected chi connectivity index (χ2v) is 6.62. The number of likely N-dealkylation sites (N-methyl/N-ethyl adjacent to an activating group) is 1. The molecule has 0 unspecified atom stereocenters. The molecular weight excluding hydrogens is 274 g/mol. The molecule has 0 N–H and O–H groups in total. The first-order chi connectivity index (χ1) is 10.7. The molecule has 2 aliphatic carbocycles. The Kier molecular flexibility index (Phi) is 3.08. The Morgan fingerprint density at radius 1 is 1.23 bits per heavy atom. The van der Waals surface area contributed by atoms with E-state index >= 15 is 0 Å². The molecule has 2 atom stereocenters. The molecule has 1 aromatic carbocycles. The van der Waals surface area contributed by atoms with Crippen molar-refractivity contribution in [2.45, 2.75) is 30.7 Å². The molecule has 0 aromatic heterocycles. The number of ether oxygens (including phenoxy) is 2. The molecule has 1 aliphatic heterocycles. The Morgan fingerprint density at radius 2 is 2.09 bits per heavy atom. The fourth-order valence-corrected chi connectivity index (χ4v) is 4.47. The summed E-state index contributed by atoms with van der Waals surface area (Å²) in [5.41, 5.74) is 4.42. The summed E-state index contributed by atoms with van der Waals surface area (Å²) in [5, 5.41) is 0. The summed E-state index contributed by atoms with van der Waals surface area (Å²) in [6, 6.07) is 7.08. The normalized spacial score (nSPS) is 29.9. The monoisotopic (exact) mass is 297 g/mol. The lowest BCUT2D eigenvalue weighted by atomic mass is 9.59. The van der Waals surface area contributed by atoms with Gasteiger partial charge in [-0.2, -0.15) is 0 Å². The molecule has 2 bridgehead atoms. The van der Waals surface area contributed by atoms with Crippen LogP contribution in [0.3, 0.4) is 0 Å². The van der Waals surface area contributed by atoms with Gasteiger partial charge in [0.25, 0.3) is 0 Å². The molecule has 4 rings (SSSR count). The zero-order valence-electron chi connectivity index (χ0n) is 13.6. The van der Waals surface area contributed by atoms with E-state index < -0.39 is 0 Å². The van der Waals surface area contributed by atoms with Crippen LogP contribution in [0.2, 0.25) is 0 Å². The second kappa shape index (κ2) is 4.88. The van der Waals surface area contributed by atoms with Gasteiger partial charge < -0.3 is 9.47 Å². The zero-order chi connectivity index (χ0) is 15.3. The summed E-state index contributed by atoms with van der Waals surface area (Å²) in [4.78, 5) is 2.50. The summed E-state index contributed by atoms with van der Waals surface area (Å²) < 4.78 is 11.1. The summed E-state index contributed by atoms with van der Waals surface area (Å²) >= 11 is 0. The number of likely N-dealkylation sites (tertiary alicyclic amines) is 1. The Hall–Kier alpha value is -1.74. The predicted molar refractivity (Wildman–Crippen MR) is 87.2 cm³/mol. The average Bonchev–Trinajstić information content (AvgIpc) is 2.57. The number of fused-ring (bicyclic) bond motifs is 1. The topological polar surface area (TPSA) is 21.7 Å². The lowest BCUT2D eigenvalue weighted by molar-refractivity contribution is 0.178. The lowest BCUT2D eigenvalue weighted by Gasteiger charge is -2.52. The lowest BCUT2D eigenvalue weighted by Crippen LogP contribution is -2.53. The van der Waals surface area contributed by atoms with Crippen molar-refractivity contribution >= 4 is 0 Å². The Morgan fingerprint density at radius 3 is 2.86 bits per heavy atom. The Bertz CT molecular complexity index is 676. The van der Waals surface area contributed by atoms with Crippen LogP contribution < -0.4 is 4.74 Å². The molecule has 1 heterocycles. The first kappa shape index (κ1) is 13.9. The molecule has 22 heavy (non-hydrogen) atoms. The average molecular weight is 297 g/mol. The van der Waals surface area contributed by atoms with Gasteiger partial charge in [-0.3, -0.25) is 4.90 Å². The number of hydrogen-bond acceptors (Lipinski definition) is 3. The molecular formula is C19H23NO2. The van der Waals surface area contributed by atoms with Crippen LogP contribution in [0, 0.1) is 0 Å². The fraction of sp³-hybridized carbons (Fsp3) is 0.474. The molecule has 0 spiro atoms. The van der Waals surface area contributed by atoms with Crippen molar-refractivity contribution in [1.29, 1.82) is 0 Å². The predicted octanol–water partition coefficient (Wildman–Crippen LogP) is 3.05. The van der Waals surface area contributed by atoms with E-state index in [9.17, 15) is 0 Å². The van der Waals surface area contributed by atoms with Gasteiger partial charge in [0.2, 0.25) is 0 Å². The molecule has 1 saturated heterocycles. The molecule has 0 amide bonds. The van der Waals surface area contributed by atoms with Gasteiger partial charge in [0.05, 0.1) is 20.0 Å². The van der Waals surface area contributed by atoms with Crippen LogP contribution in [0.15, 0.2) is 41.7 Å². The maximum absolute atomic E-state index is 5.60. The molecule has 0 saturated carbocycles. The number of benzene rings is 1. The minimum Gasteiger partial charge on any atom is -0.501 e. The third-order valence-corrected chi connectivity index (χ3v) is 5.67. The maximum atomic E-state index is 5.60. The SMILES string of the molecule is COC1=C[C@@]23CCN(C)[C@@H](Cc4ccc(OC)cc42)C3=CC1. The second-order valence-electron chi connectivity index (χ2n) is 6.62. The minimum absolute atomic E-state index is 0.00287. The third kappa shape index (κ3) is 1.78. The van der Waals surface area contributed by atoms with E-state index in [-0.39, 0.29) is 5.41 Å². The van der Waals surface area contributed by atoms with Crippen LogP contribution in [0.1, 0.15) is 24.0 Å². The van der Waals surface area contributed by atoms with Crippen LogP contribution in [-0.2, 0) is 16.6 Å². The van der Waals surface area contributed by atoms with Crippen molar-refractivity contribution in [3.63, 3.8) is 0 Å². The maximum Gasteiger partial charge on any atom is 0.119 e. The van der Waals surface area contributed by atoms with E-state index in [1.807, 2.05) is 0 Å². The van der Waals surface area contributed by atoms with E-state index in [0.29, 0.717) is 6.04 Å². The van der Waals surface area contributed by atoms with Crippen molar-refractivity contribution in [3.05, 3.63) is 52.8 Å². The fourth-order valence-electron chi connectivity index (χ4n) is 4.47. The van der Waals surface area contributed by atoms with E-state index in [0.717, 1.165) is 37.3 Å². The van der Waals surface area contributed by atoms with Gasteiger partial charge in [-0.05, 0) is 61.3 Å². The minimum atomic E-state index is 0.00287. The van der Waals surface area contributed by atoms with Gasteiger partial charge in [-0.1, -0.05) is 12.1 Å². The van der Waals surface area contributed by atoms with Crippen molar-refractivity contribution in [3.8, 4) is 5.75 Å². The highest BCUT2D eigenvalue weighted by molar-refractivity contribution is 5.57. The van der Waals surface area contributed by atoms with E-state index in [2.05, 4.69) is 42.3 Å². The number of rotatable bonds is 2. The van der Waals surface area contributed by atoms with Crippen molar-refractivity contribution in [1.82, 2.24) is 4.90 Å². The van der Waals surface area contributed by atoms with E-state index in [1.54, 1.807) is 19.8 Å². The van der Waals surface area contributed by atoms with Gasteiger partial charge in [0, 0.05) is 17.9 Å². The van der Waals surface area contributed by atoms with Crippen LogP contribution in [0.4, 0.5) is 0 Å². The van der Waals surface area contributed by atoms with Gasteiger partial charge >= 0.3 is 0 Å². The highest BCUT2D eigenvalue weighted by Crippen LogP contribution is 2.52. The van der Waals surface area contributed by atoms with Crippen molar-refractivity contribution < 1.29 is 9.47 Å². The molecule has 3 aliphatic rings. The highest BCUT2D eigenvalue weighted by atomic mass is 16.5. The van der Waals surface area contributed by atoms with Crippen LogP contribution in [0.25, 0.3) is 0 Å². The van der Waals surface area contributed by atoms with Gasteiger partial charge in [0.1, 0.15) is 5.75 Å². The van der Waals surface area contributed by atoms with Crippen LogP contribution >= 0.6 is 0 Å². The molecule has 1 aromatic rings. The van der Waals surface area contributed by atoms with Crippen LogP contribution in [0.5, 0.6) is 5.75 Å². The first-order valence-corrected chi connectivity index (χ1v) is 8.02. The number of allylic oxidation sites excluding steroid dienone is 2. The first-order valence-electron chi connectivity index (χ1n) is 8.02. The number of piperidine rings is 1. The smallest absolute Gasteiger partial charge is 0.119 e. The van der Waals surface area contributed by atoms with Gasteiger partial charge in [0.15, 0.2) is 0 Å². The zero-order valence-corrected chi connectivity index (χ0v) is 13.6. The summed E-state index contributed by atoms with van der Waals surface area (Å²) in [7, 11) is 5.77. The molecule has 0 radical (unpaired) electrons. The standard InChI is InChI=1S/C19H23NO2/c1-20-9-8-19-12-15(22-3)6-7-16(19)18(20)10-13-4-5-14(21-2)11-17(13)19/h4-5,7,11-12,18H,6,8-10H2,1-3H3/t18-,19+/m0/s1. The number of hydrogen-bond donors (Lipinski definition) is 0. The van der Waals surface area contributed by atoms with Crippen LogP contribution in [-0.4, -0.2) is 38.8 Å². The highest BCUT2D eigenvalue weighted by Gasteiger charge is 2.49. The quantitative estimate of drug-likeness (QED) is 0.783.